The normalized spacial score (nSPS) is 15.3. The van der Waals surface area contributed by atoms with Gasteiger partial charge in [0, 0.05) is 13.1 Å². The molecule has 0 N–H and O–H groups in total. The zero-order chi connectivity index (χ0) is 10.8. The van der Waals surface area contributed by atoms with E-state index in [1.165, 1.54) is 0 Å². The van der Waals surface area contributed by atoms with Gasteiger partial charge in [-0.25, -0.2) is 0 Å². The summed E-state index contributed by atoms with van der Waals surface area (Å²) in [6.45, 7) is 0.420. The molecule has 1 aliphatic rings. The molecule has 1 aromatic rings. The minimum absolute atomic E-state index is 0.0684. The summed E-state index contributed by atoms with van der Waals surface area (Å²) in [4.78, 5) is 13.2. The van der Waals surface area contributed by atoms with E-state index in [0.29, 0.717) is 18.8 Å². The predicted molar refractivity (Wildman–Crippen MR) is 56.5 cm³/mol. The molecule has 0 aliphatic carbocycles. The number of rotatable bonds is 1. The van der Waals surface area contributed by atoms with Gasteiger partial charge >= 0.3 is 0 Å². The summed E-state index contributed by atoms with van der Waals surface area (Å²) >= 11 is 0. The molecule has 0 fully saturated rings. The Bertz CT molecular complexity index is 389. The summed E-state index contributed by atoms with van der Waals surface area (Å²) in [6, 6.07) is 5.44. The van der Waals surface area contributed by atoms with Gasteiger partial charge in [-0.15, -0.1) is 0 Å². The van der Waals surface area contributed by atoms with Crippen LogP contribution in [0.2, 0.25) is 0 Å². The highest BCUT2D eigenvalue weighted by molar-refractivity contribution is 5.95. The van der Waals surface area contributed by atoms with Gasteiger partial charge in [0.1, 0.15) is 11.5 Å². The molecule has 2 rings (SSSR count). The van der Waals surface area contributed by atoms with Crippen LogP contribution in [-0.2, 0) is 4.79 Å². The van der Waals surface area contributed by atoms with E-state index in [4.69, 9.17) is 9.47 Å². The molecular weight excluding hydrogens is 194 g/mol. The number of amides is 1. The molecule has 1 aromatic carbocycles. The minimum atomic E-state index is 0.0684. The Morgan fingerprint density at radius 1 is 1.47 bits per heavy atom. The van der Waals surface area contributed by atoms with Gasteiger partial charge in [-0.2, -0.15) is 0 Å². The number of benzene rings is 1. The van der Waals surface area contributed by atoms with Crippen molar-refractivity contribution in [3.63, 3.8) is 0 Å². The Labute approximate surface area is 88.4 Å². The topological polar surface area (TPSA) is 38.8 Å². The van der Waals surface area contributed by atoms with Crippen molar-refractivity contribution in [1.29, 1.82) is 0 Å². The van der Waals surface area contributed by atoms with Gasteiger partial charge in [0.2, 0.25) is 5.91 Å². The Morgan fingerprint density at radius 3 is 3.00 bits per heavy atom. The van der Waals surface area contributed by atoms with Gasteiger partial charge in [0.05, 0.1) is 25.8 Å². The van der Waals surface area contributed by atoms with Gasteiger partial charge in [0.25, 0.3) is 0 Å². The number of nitrogens with zero attached hydrogens (tertiary/aromatic N) is 1. The number of carbonyl (C=O) groups excluding carboxylic acids is 1. The molecule has 4 heteroatoms. The molecule has 0 atom stereocenters. The quantitative estimate of drug-likeness (QED) is 0.699. The average molecular weight is 207 g/mol. The van der Waals surface area contributed by atoms with Gasteiger partial charge in [-0.05, 0) is 12.1 Å². The summed E-state index contributed by atoms with van der Waals surface area (Å²) in [7, 11) is 3.36. The number of ether oxygens (including phenoxy) is 2. The smallest absolute Gasteiger partial charge is 0.230 e. The van der Waals surface area contributed by atoms with E-state index in [0.717, 1.165) is 11.4 Å². The van der Waals surface area contributed by atoms with Crippen LogP contribution in [0.15, 0.2) is 18.2 Å². The van der Waals surface area contributed by atoms with E-state index >= 15 is 0 Å². The van der Waals surface area contributed by atoms with Crippen molar-refractivity contribution >= 4 is 11.6 Å². The number of carbonyl (C=O) groups is 1. The van der Waals surface area contributed by atoms with Crippen molar-refractivity contribution in [1.82, 2.24) is 0 Å². The van der Waals surface area contributed by atoms with E-state index in [9.17, 15) is 4.79 Å². The third kappa shape index (κ3) is 1.75. The van der Waals surface area contributed by atoms with Gasteiger partial charge in [-0.3, -0.25) is 4.79 Å². The average Bonchev–Trinajstić information content (AvgIpc) is 2.40. The Hall–Kier alpha value is -1.71. The molecule has 0 unspecified atom stereocenters. The summed E-state index contributed by atoms with van der Waals surface area (Å²) < 4.78 is 10.6. The molecule has 15 heavy (non-hydrogen) atoms. The number of hydrogen-bond acceptors (Lipinski definition) is 3. The van der Waals surface area contributed by atoms with Crippen molar-refractivity contribution in [2.75, 3.05) is 25.7 Å². The first-order valence-electron chi connectivity index (χ1n) is 4.80. The second-order valence-electron chi connectivity index (χ2n) is 3.38. The largest absolute Gasteiger partial charge is 0.497 e. The summed E-state index contributed by atoms with van der Waals surface area (Å²) in [5.74, 6) is 1.50. The molecule has 0 bridgehead atoms. The third-order valence-electron chi connectivity index (χ3n) is 2.48. The first-order chi connectivity index (χ1) is 7.22. The van der Waals surface area contributed by atoms with Crippen LogP contribution in [0, 0.1) is 0 Å². The highest BCUT2D eigenvalue weighted by Gasteiger charge is 2.19. The molecule has 0 radical (unpaired) electrons. The van der Waals surface area contributed by atoms with Gasteiger partial charge in [-0.1, -0.05) is 0 Å². The van der Waals surface area contributed by atoms with Crippen LogP contribution in [0.4, 0.5) is 5.69 Å². The maximum atomic E-state index is 11.5. The molecule has 80 valence electrons. The summed E-state index contributed by atoms with van der Waals surface area (Å²) in [6.07, 6.45) is 0.410. The van der Waals surface area contributed by atoms with Crippen molar-refractivity contribution < 1.29 is 14.3 Å². The molecule has 1 amide bonds. The molecule has 0 spiro atoms. The van der Waals surface area contributed by atoms with Crippen LogP contribution >= 0.6 is 0 Å². The van der Waals surface area contributed by atoms with Crippen molar-refractivity contribution in [3.05, 3.63) is 18.2 Å². The van der Waals surface area contributed by atoms with Crippen molar-refractivity contribution in [2.24, 2.45) is 0 Å². The first kappa shape index (κ1) is 9.83. The number of methoxy groups -OCH3 is 1. The highest BCUT2D eigenvalue weighted by atomic mass is 16.5. The summed E-state index contributed by atoms with van der Waals surface area (Å²) in [5, 5.41) is 0. The van der Waals surface area contributed by atoms with Crippen molar-refractivity contribution in [2.45, 2.75) is 6.42 Å². The van der Waals surface area contributed by atoms with E-state index in [2.05, 4.69) is 0 Å². The lowest BCUT2D eigenvalue weighted by atomic mass is 10.2. The van der Waals surface area contributed by atoms with Gasteiger partial charge in [0.15, 0.2) is 0 Å². The zero-order valence-electron chi connectivity index (χ0n) is 8.82. The number of hydrogen-bond donors (Lipinski definition) is 0. The summed E-state index contributed by atoms with van der Waals surface area (Å²) in [5.41, 5.74) is 0.790. The lowest BCUT2D eigenvalue weighted by Crippen LogP contribution is -2.25. The molecule has 0 saturated carbocycles. The van der Waals surface area contributed by atoms with Crippen LogP contribution in [0.25, 0.3) is 0 Å². The zero-order valence-corrected chi connectivity index (χ0v) is 8.82. The molecule has 4 nitrogen and oxygen atoms in total. The minimum Gasteiger partial charge on any atom is -0.497 e. The first-order valence-corrected chi connectivity index (χ1v) is 4.80. The number of anilines is 1. The van der Waals surface area contributed by atoms with Gasteiger partial charge < -0.3 is 14.4 Å². The standard InChI is InChI=1S/C11H13NO3/c1-12-9-4-3-8(14-2)7-10(9)15-6-5-11(12)13/h3-4,7H,5-6H2,1-2H3. The SMILES string of the molecule is COc1ccc2c(c1)OCCC(=O)N2C. The predicted octanol–water partition coefficient (Wildman–Crippen LogP) is 1.44. The Balaban J connectivity index is 2.43. The lowest BCUT2D eigenvalue weighted by molar-refractivity contribution is -0.118. The Kier molecular flexibility index (Phi) is 2.49. The van der Waals surface area contributed by atoms with Crippen LogP contribution in [0.1, 0.15) is 6.42 Å². The van der Waals surface area contributed by atoms with E-state index in [-0.39, 0.29) is 5.91 Å². The van der Waals surface area contributed by atoms with E-state index < -0.39 is 0 Å². The van der Waals surface area contributed by atoms with E-state index in [1.54, 1.807) is 25.1 Å². The third-order valence-corrected chi connectivity index (χ3v) is 2.48. The maximum Gasteiger partial charge on any atom is 0.230 e. The molecule has 0 saturated heterocycles. The maximum absolute atomic E-state index is 11.5. The van der Waals surface area contributed by atoms with Crippen LogP contribution in [0.3, 0.4) is 0 Å². The molecule has 0 aromatic heterocycles. The Morgan fingerprint density at radius 2 is 2.27 bits per heavy atom. The fourth-order valence-electron chi connectivity index (χ4n) is 1.56. The molecular formula is C11H13NO3. The lowest BCUT2D eigenvalue weighted by Gasteiger charge is -2.16. The van der Waals surface area contributed by atoms with Crippen molar-refractivity contribution in [3.8, 4) is 11.5 Å². The molecule has 1 aliphatic heterocycles. The van der Waals surface area contributed by atoms with Crippen LogP contribution in [0.5, 0.6) is 11.5 Å². The number of fused-ring (bicyclic) bond motifs is 1. The second kappa shape index (κ2) is 3.81. The van der Waals surface area contributed by atoms with Crippen LogP contribution in [-0.4, -0.2) is 26.7 Å². The fourth-order valence-corrected chi connectivity index (χ4v) is 1.56. The van der Waals surface area contributed by atoms with E-state index in [1.807, 2.05) is 12.1 Å². The fraction of sp³-hybridized carbons (Fsp3) is 0.364. The second-order valence-corrected chi connectivity index (χ2v) is 3.38. The highest BCUT2D eigenvalue weighted by Crippen LogP contribution is 2.33. The monoisotopic (exact) mass is 207 g/mol. The van der Waals surface area contributed by atoms with Crippen LogP contribution < -0.4 is 14.4 Å². The molecule has 1 heterocycles.